The number of nitrogen functional groups attached to an aromatic ring is 1. The monoisotopic (exact) mass is 670 g/mol. The highest BCUT2D eigenvalue weighted by Gasteiger charge is 2.39. The van der Waals surface area contributed by atoms with Gasteiger partial charge in [0.15, 0.2) is 5.65 Å². The van der Waals surface area contributed by atoms with Crippen LogP contribution in [0, 0.1) is 13.8 Å². The lowest BCUT2D eigenvalue weighted by molar-refractivity contribution is -0.193. The minimum atomic E-state index is -5.08. The predicted molar refractivity (Wildman–Crippen MR) is 152 cm³/mol. The van der Waals surface area contributed by atoms with Gasteiger partial charge in [0.2, 0.25) is 0 Å². The maximum absolute atomic E-state index is 10.6. The van der Waals surface area contributed by atoms with Gasteiger partial charge >= 0.3 is 24.3 Å². The number of nitrogens with two attached hydrogens (primary N) is 1. The molecule has 1 unspecified atom stereocenters. The smallest absolute Gasteiger partial charge is 0.490 e. The minimum Gasteiger partial charge on any atom is -0.493 e. The van der Waals surface area contributed by atoms with Crippen molar-refractivity contribution in [1.82, 2.24) is 24.6 Å². The van der Waals surface area contributed by atoms with E-state index in [1.54, 1.807) is 0 Å². The van der Waals surface area contributed by atoms with Crippen LogP contribution >= 0.6 is 11.6 Å². The number of ether oxygens (including phenoxy) is 1. The molecule has 0 aliphatic carbocycles. The number of alkyl halides is 6. The van der Waals surface area contributed by atoms with E-state index >= 15 is 0 Å². The van der Waals surface area contributed by atoms with Gasteiger partial charge in [-0.15, -0.1) is 0 Å². The summed E-state index contributed by atoms with van der Waals surface area (Å²) >= 11 is 6.75. The van der Waals surface area contributed by atoms with E-state index in [1.165, 1.54) is 11.9 Å². The van der Waals surface area contributed by atoms with Crippen LogP contribution in [0.5, 0.6) is 5.75 Å². The molecule has 1 atom stereocenters. The number of carboxylic acids is 2. The van der Waals surface area contributed by atoms with E-state index in [1.807, 2.05) is 24.6 Å². The van der Waals surface area contributed by atoms with Crippen LogP contribution in [-0.2, 0) is 9.59 Å². The molecule has 0 amide bonds. The van der Waals surface area contributed by atoms with E-state index in [0.717, 1.165) is 46.1 Å². The van der Waals surface area contributed by atoms with E-state index < -0.39 is 24.3 Å². The first-order valence-electron chi connectivity index (χ1n) is 13.4. The summed E-state index contributed by atoms with van der Waals surface area (Å²) in [5, 5.41) is 20.5. The molecule has 3 heterocycles. The molecule has 1 aliphatic heterocycles. The number of nitrogens with zero attached hydrogens (tertiary/aromatic N) is 5. The van der Waals surface area contributed by atoms with E-state index in [-0.39, 0.29) is 6.04 Å². The fourth-order valence-electron chi connectivity index (χ4n) is 4.56. The Balaban J connectivity index is 0.000000421. The summed E-state index contributed by atoms with van der Waals surface area (Å²) in [6.07, 6.45) is -8.69. The van der Waals surface area contributed by atoms with Gasteiger partial charge in [-0.1, -0.05) is 11.6 Å². The van der Waals surface area contributed by atoms with Crippen molar-refractivity contribution in [2.24, 2.45) is 0 Å². The zero-order valence-electron chi connectivity index (χ0n) is 25.1. The number of hydrogen-bond donors (Lipinski definition) is 3. The van der Waals surface area contributed by atoms with Crippen molar-refractivity contribution in [3.63, 3.8) is 0 Å². The van der Waals surface area contributed by atoms with Gasteiger partial charge in [0.1, 0.15) is 17.9 Å². The van der Waals surface area contributed by atoms with Crippen molar-refractivity contribution < 1.29 is 50.9 Å². The third kappa shape index (κ3) is 8.87. The van der Waals surface area contributed by atoms with Crippen molar-refractivity contribution in [3.05, 3.63) is 39.8 Å². The lowest BCUT2D eigenvalue weighted by atomic mass is 9.84. The molecule has 4 N–H and O–H groups in total. The molecule has 1 aliphatic rings. The number of aliphatic carboxylic acids is 2. The Morgan fingerprint density at radius 2 is 1.58 bits per heavy atom. The van der Waals surface area contributed by atoms with Crippen LogP contribution in [0.25, 0.3) is 11.0 Å². The summed E-state index contributed by atoms with van der Waals surface area (Å²) in [4.78, 5) is 28.9. The van der Waals surface area contributed by atoms with Crippen LogP contribution in [-0.4, -0.2) is 84.9 Å². The molecule has 0 bridgehead atoms. The molecule has 0 spiro atoms. The van der Waals surface area contributed by atoms with Crippen LogP contribution in [0.1, 0.15) is 62.0 Å². The number of fused-ring (bicyclic) bond motifs is 1. The second-order valence-electron chi connectivity index (χ2n) is 10.3. The van der Waals surface area contributed by atoms with Gasteiger partial charge in [0.05, 0.1) is 23.7 Å². The van der Waals surface area contributed by atoms with Crippen molar-refractivity contribution >= 4 is 40.4 Å². The van der Waals surface area contributed by atoms with Crippen molar-refractivity contribution in [3.8, 4) is 5.75 Å². The lowest BCUT2D eigenvalue weighted by Crippen LogP contribution is -2.49. The third-order valence-electron chi connectivity index (χ3n) is 6.88. The molecule has 1 saturated heterocycles. The topological polar surface area (TPSA) is 157 Å². The molecule has 45 heavy (non-hydrogen) atoms. The molecular weight excluding hydrogens is 638 g/mol. The Kier molecular flexibility index (Phi) is 12.0. The molecule has 4 rings (SSSR count). The molecule has 1 aromatic carbocycles. The zero-order valence-corrected chi connectivity index (χ0v) is 25.8. The average Bonchev–Trinajstić information content (AvgIpc) is 3.23. The number of hydrogen-bond acceptors (Lipinski definition) is 8. The van der Waals surface area contributed by atoms with Gasteiger partial charge in [0.25, 0.3) is 0 Å². The summed E-state index contributed by atoms with van der Waals surface area (Å²) in [6.45, 7) is 15.2. The average molecular weight is 671 g/mol. The van der Waals surface area contributed by atoms with E-state index in [9.17, 15) is 26.3 Å². The van der Waals surface area contributed by atoms with Crippen LogP contribution in [0.3, 0.4) is 0 Å². The molecule has 2 aromatic heterocycles. The quantitative estimate of drug-likeness (QED) is 0.276. The van der Waals surface area contributed by atoms with Crippen molar-refractivity contribution in [2.75, 3.05) is 25.4 Å². The summed E-state index contributed by atoms with van der Waals surface area (Å²) < 4.78 is 71.6. The first-order valence-corrected chi connectivity index (χ1v) is 13.8. The molecule has 0 radical (unpaired) electrons. The Morgan fingerprint density at radius 3 is 2.02 bits per heavy atom. The molecule has 11 nitrogen and oxygen atoms in total. The van der Waals surface area contributed by atoms with E-state index in [2.05, 4.69) is 42.6 Å². The van der Waals surface area contributed by atoms with Crippen LogP contribution < -0.4 is 10.5 Å². The molecule has 0 saturated carbocycles. The Labute approximate surface area is 258 Å². The number of carboxylic acid groups (broad SMARTS) is 2. The number of anilines is 1. The molecule has 250 valence electrons. The fourth-order valence-corrected chi connectivity index (χ4v) is 4.78. The third-order valence-corrected chi connectivity index (χ3v) is 7.28. The summed E-state index contributed by atoms with van der Waals surface area (Å²) in [5.41, 5.74) is 11.0. The second kappa shape index (κ2) is 14.5. The number of aryl methyl sites for hydroxylation is 1. The standard InChI is InChI=1S/C23H31ClN6O.2C2HF3O2/c1-7-31-21-17(8-18(24)13(4)19(21)16-9-29(10-16)12(2)3)15(6)30-23-20(14(5)28-30)22(25)26-11-27-23;2*3-2(4,5)1(6)7/h8,11-12,15-16H,7,9-10H2,1-6H3,(H2,25,26,27);2*(H,6,7). The van der Waals surface area contributed by atoms with Crippen LogP contribution in [0.2, 0.25) is 5.02 Å². The van der Waals surface area contributed by atoms with Crippen LogP contribution in [0.4, 0.5) is 32.2 Å². The van der Waals surface area contributed by atoms with Gasteiger partial charge in [-0.05, 0) is 53.2 Å². The zero-order chi connectivity index (χ0) is 34.6. The number of rotatable bonds is 6. The maximum Gasteiger partial charge on any atom is 0.490 e. The van der Waals surface area contributed by atoms with Gasteiger partial charge in [-0.25, -0.2) is 24.2 Å². The number of likely N-dealkylation sites (tertiary alicyclic amines) is 1. The van der Waals surface area contributed by atoms with Gasteiger partial charge in [-0.3, -0.25) is 4.90 Å². The Morgan fingerprint density at radius 1 is 1.07 bits per heavy atom. The molecule has 3 aromatic rings. The van der Waals surface area contributed by atoms with E-state index in [4.69, 9.17) is 47.0 Å². The second-order valence-corrected chi connectivity index (χ2v) is 10.7. The number of aromatic nitrogens is 4. The number of carbonyl (C=O) groups is 2. The number of benzene rings is 1. The highest BCUT2D eigenvalue weighted by Crippen LogP contribution is 2.44. The Bertz CT molecular complexity index is 1500. The molecule has 1 fully saturated rings. The highest BCUT2D eigenvalue weighted by molar-refractivity contribution is 6.31. The van der Waals surface area contributed by atoms with Gasteiger partial charge in [0, 0.05) is 41.2 Å². The largest absolute Gasteiger partial charge is 0.493 e. The van der Waals surface area contributed by atoms with Gasteiger partial charge < -0.3 is 20.7 Å². The lowest BCUT2D eigenvalue weighted by Gasteiger charge is -2.43. The van der Waals surface area contributed by atoms with Gasteiger partial charge in [-0.2, -0.15) is 31.4 Å². The fraction of sp³-hybridized carbons (Fsp3) is 0.519. The maximum atomic E-state index is 10.6. The minimum absolute atomic E-state index is 0.134. The van der Waals surface area contributed by atoms with Crippen molar-refractivity contribution in [1.29, 1.82) is 0 Å². The Hall–Kier alpha value is -3.86. The highest BCUT2D eigenvalue weighted by atomic mass is 35.5. The number of halogens is 7. The first-order chi connectivity index (χ1) is 20.6. The first kappa shape index (κ1) is 37.3. The normalized spacial score (nSPS) is 14.6. The molecule has 18 heteroatoms. The summed E-state index contributed by atoms with van der Waals surface area (Å²) in [6, 6.07) is 2.42. The predicted octanol–water partition coefficient (Wildman–Crippen LogP) is 5.76. The van der Waals surface area contributed by atoms with E-state index in [0.29, 0.717) is 30.0 Å². The molecular formula is C27H33ClF6N6O5. The van der Waals surface area contributed by atoms with Crippen LogP contribution in [0.15, 0.2) is 12.4 Å². The summed E-state index contributed by atoms with van der Waals surface area (Å²) in [7, 11) is 0. The summed E-state index contributed by atoms with van der Waals surface area (Å²) in [5.74, 6) is -3.74. The van der Waals surface area contributed by atoms with Crippen molar-refractivity contribution in [2.45, 2.75) is 71.9 Å². The SMILES string of the molecule is CCOc1c(C(C)n2nc(C)c3c(N)ncnc32)cc(Cl)c(C)c1C1CN(C(C)C)C1.O=C(O)C(F)(F)F.O=C(O)C(F)(F)F.